The van der Waals surface area contributed by atoms with Gasteiger partial charge in [-0.1, -0.05) is 181 Å². The Hall–Kier alpha value is -0.900. The first-order chi connectivity index (χ1) is 18.5. The lowest BCUT2D eigenvalue weighted by Crippen LogP contribution is -2.54. The highest BCUT2D eigenvalue weighted by molar-refractivity contribution is 6.07. The number of unbranched alkanes of at least 4 members (excludes halogenated alkanes) is 25. The fourth-order valence-electron chi connectivity index (χ4n) is 5.54. The van der Waals surface area contributed by atoms with E-state index in [1.807, 2.05) is 6.92 Å². The van der Waals surface area contributed by atoms with Crippen molar-refractivity contribution in [1.29, 1.82) is 0 Å². The van der Waals surface area contributed by atoms with E-state index in [1.165, 1.54) is 148 Å². The van der Waals surface area contributed by atoms with Gasteiger partial charge in [-0.05, 0) is 12.8 Å². The van der Waals surface area contributed by atoms with Crippen LogP contribution in [-0.2, 0) is 9.59 Å². The highest BCUT2D eigenvalue weighted by Crippen LogP contribution is 2.19. The molecule has 0 bridgehead atoms. The summed E-state index contributed by atoms with van der Waals surface area (Å²) >= 11 is 0. The Morgan fingerprint density at radius 3 is 0.974 bits per heavy atom. The van der Waals surface area contributed by atoms with E-state index in [0.717, 1.165) is 19.3 Å². The maximum Gasteiger partial charge on any atom is 0.331 e. The van der Waals surface area contributed by atoms with E-state index in [4.69, 9.17) is 5.73 Å². The van der Waals surface area contributed by atoms with E-state index in [1.54, 1.807) is 0 Å². The SMILES string of the molecule is CCCCCCCCCCCCCCCCCCCCCCCCCCCCC(N)(C(=O)O)C(=O)CCC. The van der Waals surface area contributed by atoms with Crippen molar-refractivity contribution in [1.82, 2.24) is 0 Å². The number of rotatable bonds is 31. The molecule has 4 nitrogen and oxygen atoms in total. The molecule has 0 amide bonds. The van der Waals surface area contributed by atoms with Gasteiger partial charge in [0.2, 0.25) is 0 Å². The topological polar surface area (TPSA) is 80.4 Å². The van der Waals surface area contributed by atoms with Gasteiger partial charge in [-0.15, -0.1) is 0 Å². The molecule has 3 N–H and O–H groups in total. The molecule has 38 heavy (non-hydrogen) atoms. The van der Waals surface area contributed by atoms with Gasteiger partial charge in [0.15, 0.2) is 11.3 Å². The number of ketones is 1. The summed E-state index contributed by atoms with van der Waals surface area (Å²) in [6, 6.07) is 0. The van der Waals surface area contributed by atoms with E-state index in [0.29, 0.717) is 6.42 Å². The van der Waals surface area contributed by atoms with Gasteiger partial charge in [0, 0.05) is 6.42 Å². The van der Waals surface area contributed by atoms with Gasteiger partial charge in [-0.2, -0.15) is 0 Å². The first-order valence-electron chi connectivity index (χ1n) is 17.0. The predicted octanol–water partition coefficient (Wildman–Crippen LogP) is 10.7. The van der Waals surface area contributed by atoms with Gasteiger partial charge in [-0.25, -0.2) is 4.79 Å². The number of carbonyl (C=O) groups excluding carboxylic acids is 1. The number of carbonyl (C=O) groups is 2. The van der Waals surface area contributed by atoms with Gasteiger partial charge >= 0.3 is 5.97 Å². The summed E-state index contributed by atoms with van der Waals surface area (Å²) < 4.78 is 0. The molecule has 0 heterocycles. The van der Waals surface area contributed by atoms with Crippen molar-refractivity contribution in [3.63, 3.8) is 0 Å². The highest BCUT2D eigenvalue weighted by atomic mass is 16.4. The van der Waals surface area contributed by atoms with E-state index < -0.39 is 11.5 Å². The molecule has 0 spiro atoms. The van der Waals surface area contributed by atoms with Crippen LogP contribution >= 0.6 is 0 Å². The summed E-state index contributed by atoms with van der Waals surface area (Å²) in [5, 5.41) is 9.38. The smallest absolute Gasteiger partial charge is 0.331 e. The number of Topliss-reactive ketones (excluding diaryl/α,β-unsaturated/α-hetero) is 1. The molecule has 0 aromatic rings. The molecular formula is C34H67NO3. The minimum Gasteiger partial charge on any atom is -0.480 e. The molecule has 0 aliphatic carbocycles. The zero-order chi connectivity index (χ0) is 28.2. The van der Waals surface area contributed by atoms with E-state index in [9.17, 15) is 14.7 Å². The number of hydrogen-bond acceptors (Lipinski definition) is 3. The monoisotopic (exact) mass is 538 g/mol. The van der Waals surface area contributed by atoms with Crippen molar-refractivity contribution in [3.8, 4) is 0 Å². The summed E-state index contributed by atoms with van der Waals surface area (Å²) in [7, 11) is 0. The lowest BCUT2D eigenvalue weighted by atomic mass is 9.86. The minimum absolute atomic E-state index is 0.252. The highest BCUT2D eigenvalue weighted by Gasteiger charge is 2.40. The third-order valence-corrected chi connectivity index (χ3v) is 8.28. The Kier molecular flexibility index (Phi) is 27.0. The van der Waals surface area contributed by atoms with E-state index in [-0.39, 0.29) is 18.6 Å². The zero-order valence-corrected chi connectivity index (χ0v) is 25.8. The van der Waals surface area contributed by atoms with Crippen molar-refractivity contribution in [2.45, 2.75) is 206 Å². The Balaban J connectivity index is 3.29. The normalized spacial score (nSPS) is 13.0. The molecule has 0 rings (SSSR count). The number of carboxylic acid groups (broad SMARTS) is 1. The quantitative estimate of drug-likeness (QED) is 0.0680. The van der Waals surface area contributed by atoms with Gasteiger partial charge in [0.1, 0.15) is 0 Å². The fraction of sp³-hybridized carbons (Fsp3) is 0.941. The number of nitrogens with two attached hydrogens (primary N) is 1. The van der Waals surface area contributed by atoms with Crippen LogP contribution in [0.15, 0.2) is 0 Å². The number of aliphatic carboxylic acids is 1. The zero-order valence-electron chi connectivity index (χ0n) is 25.8. The fourth-order valence-corrected chi connectivity index (χ4v) is 5.54. The van der Waals surface area contributed by atoms with Crippen molar-refractivity contribution >= 4 is 11.8 Å². The average molecular weight is 538 g/mol. The second kappa shape index (κ2) is 27.7. The maximum atomic E-state index is 12.1. The molecule has 0 saturated heterocycles. The summed E-state index contributed by atoms with van der Waals surface area (Å²) in [5.41, 5.74) is 4.24. The Labute approximate surface area is 237 Å². The van der Waals surface area contributed by atoms with Gasteiger partial charge < -0.3 is 10.8 Å². The molecule has 0 aliphatic heterocycles. The molecule has 0 aliphatic rings. The molecule has 0 aromatic heterocycles. The second-order valence-electron chi connectivity index (χ2n) is 12.0. The second-order valence-corrected chi connectivity index (χ2v) is 12.0. The molecular weight excluding hydrogens is 470 g/mol. The standard InChI is InChI=1S/C34H67NO3/c1-3-5-6-7-8-9-10-11-12-13-14-15-16-17-18-19-20-21-22-23-24-25-26-27-28-29-31-34(35,33(37)38)32(36)30-4-2/h3-31,35H2,1-2H3,(H,37,38). The average Bonchev–Trinajstić information content (AvgIpc) is 2.90. The summed E-state index contributed by atoms with van der Waals surface area (Å²) in [5.74, 6) is -1.50. The molecule has 0 radical (unpaired) electrons. The van der Waals surface area contributed by atoms with Crippen molar-refractivity contribution in [2.75, 3.05) is 0 Å². The molecule has 1 atom stereocenters. The first-order valence-corrected chi connectivity index (χ1v) is 17.0. The molecule has 0 fully saturated rings. The first kappa shape index (κ1) is 37.1. The Bertz CT molecular complexity index is 536. The van der Waals surface area contributed by atoms with Crippen LogP contribution in [0.5, 0.6) is 0 Å². The lowest BCUT2D eigenvalue weighted by Gasteiger charge is -2.23. The lowest BCUT2D eigenvalue weighted by molar-refractivity contribution is -0.148. The predicted molar refractivity (Wildman–Crippen MR) is 165 cm³/mol. The van der Waals surface area contributed by atoms with Gasteiger partial charge in [-0.3, -0.25) is 4.79 Å². The van der Waals surface area contributed by atoms with Crippen LogP contribution < -0.4 is 5.73 Å². The largest absolute Gasteiger partial charge is 0.480 e. The molecule has 0 aromatic carbocycles. The van der Waals surface area contributed by atoms with Gasteiger partial charge in [0.25, 0.3) is 0 Å². The number of carboxylic acids is 1. The maximum absolute atomic E-state index is 12.1. The van der Waals surface area contributed by atoms with Gasteiger partial charge in [0.05, 0.1) is 0 Å². The van der Waals surface area contributed by atoms with E-state index in [2.05, 4.69) is 6.92 Å². The minimum atomic E-state index is -1.68. The van der Waals surface area contributed by atoms with Crippen molar-refractivity contribution in [2.24, 2.45) is 5.73 Å². The summed E-state index contributed by atoms with van der Waals surface area (Å²) in [6.07, 6.45) is 36.3. The van der Waals surface area contributed by atoms with Crippen LogP contribution in [0.25, 0.3) is 0 Å². The Morgan fingerprint density at radius 2 is 0.737 bits per heavy atom. The van der Waals surface area contributed by atoms with Crippen LogP contribution in [0.3, 0.4) is 0 Å². The van der Waals surface area contributed by atoms with Crippen LogP contribution in [0.2, 0.25) is 0 Å². The molecule has 4 heteroatoms. The number of hydrogen-bond donors (Lipinski definition) is 2. The third kappa shape index (κ3) is 22.0. The van der Waals surface area contributed by atoms with Crippen LogP contribution in [0.4, 0.5) is 0 Å². The van der Waals surface area contributed by atoms with Crippen LogP contribution in [0.1, 0.15) is 200 Å². The van der Waals surface area contributed by atoms with Crippen LogP contribution in [-0.4, -0.2) is 22.4 Å². The molecule has 0 saturated carbocycles. The molecule has 226 valence electrons. The van der Waals surface area contributed by atoms with Crippen molar-refractivity contribution < 1.29 is 14.7 Å². The van der Waals surface area contributed by atoms with Crippen molar-refractivity contribution in [3.05, 3.63) is 0 Å². The molecule has 1 unspecified atom stereocenters. The third-order valence-electron chi connectivity index (χ3n) is 8.28. The summed E-state index contributed by atoms with van der Waals surface area (Å²) in [6.45, 7) is 4.17. The van der Waals surface area contributed by atoms with Crippen LogP contribution in [0, 0.1) is 0 Å². The van der Waals surface area contributed by atoms with E-state index >= 15 is 0 Å². The summed E-state index contributed by atoms with van der Waals surface area (Å²) in [4.78, 5) is 23.5. The Morgan fingerprint density at radius 1 is 0.474 bits per heavy atom.